The van der Waals surface area contributed by atoms with Gasteiger partial charge >= 0.3 is 12.4 Å². The van der Waals surface area contributed by atoms with E-state index in [0.29, 0.717) is 0 Å². The molecule has 2 rings (SSSR count). The molecule has 0 radical (unpaired) electrons. The lowest BCUT2D eigenvalue weighted by atomic mass is 9.90. The lowest BCUT2D eigenvalue weighted by Gasteiger charge is -2.37. The van der Waals surface area contributed by atoms with Crippen LogP contribution in [0.4, 0.5) is 30.7 Å². The standard InChI is InChI=1S/C14H15F7N2/c1-8-12(13(16,17)18,14(19,20)21)22-11(23(8)2)9-4-3-5-10(15)7-6-9/h3-9,11,22H,1-2H3. The summed E-state index contributed by atoms with van der Waals surface area (Å²) in [5.74, 6) is -1.48. The highest BCUT2D eigenvalue weighted by Crippen LogP contribution is 2.50. The third-order valence-electron chi connectivity index (χ3n) is 4.38. The molecule has 1 aliphatic heterocycles. The molecule has 1 N–H and O–H groups in total. The molecule has 23 heavy (non-hydrogen) atoms. The van der Waals surface area contributed by atoms with Crippen LogP contribution in [0.3, 0.4) is 0 Å². The van der Waals surface area contributed by atoms with Gasteiger partial charge in [0.15, 0.2) is 0 Å². The van der Waals surface area contributed by atoms with E-state index in [-0.39, 0.29) is 0 Å². The minimum atomic E-state index is -5.53. The minimum Gasteiger partial charge on any atom is -0.285 e. The quantitative estimate of drug-likeness (QED) is 0.730. The Bertz CT molecular complexity index is 530. The van der Waals surface area contributed by atoms with Crippen molar-refractivity contribution in [2.75, 3.05) is 7.05 Å². The molecule has 9 heteroatoms. The second-order valence-corrected chi connectivity index (χ2v) is 5.61. The van der Waals surface area contributed by atoms with Crippen LogP contribution < -0.4 is 5.32 Å². The fraction of sp³-hybridized carbons (Fsp3) is 0.571. The van der Waals surface area contributed by atoms with Crippen molar-refractivity contribution in [2.24, 2.45) is 5.92 Å². The lowest BCUT2D eigenvalue weighted by Crippen LogP contribution is -2.69. The van der Waals surface area contributed by atoms with Crippen molar-refractivity contribution >= 4 is 0 Å². The molecule has 2 nitrogen and oxygen atoms in total. The summed E-state index contributed by atoms with van der Waals surface area (Å²) in [7, 11) is 1.18. The van der Waals surface area contributed by atoms with Crippen molar-refractivity contribution in [1.29, 1.82) is 0 Å². The van der Waals surface area contributed by atoms with Gasteiger partial charge in [0.25, 0.3) is 0 Å². The average molecular weight is 344 g/mol. The smallest absolute Gasteiger partial charge is 0.285 e. The molecular formula is C14H15F7N2. The maximum Gasteiger partial charge on any atom is 0.417 e. The molecule has 0 aromatic rings. The van der Waals surface area contributed by atoms with Crippen LogP contribution in [-0.4, -0.2) is 42.0 Å². The zero-order valence-electron chi connectivity index (χ0n) is 12.2. The Labute approximate surface area is 128 Å². The second kappa shape index (κ2) is 5.62. The Morgan fingerprint density at radius 3 is 2.13 bits per heavy atom. The molecule has 1 aliphatic carbocycles. The molecule has 0 spiro atoms. The van der Waals surface area contributed by atoms with E-state index in [0.717, 1.165) is 24.0 Å². The first-order valence-electron chi connectivity index (χ1n) is 6.77. The van der Waals surface area contributed by atoms with E-state index in [1.54, 1.807) is 5.32 Å². The summed E-state index contributed by atoms with van der Waals surface area (Å²) >= 11 is 0. The number of allylic oxidation sites excluding steroid dienone is 4. The van der Waals surface area contributed by atoms with E-state index in [1.807, 2.05) is 0 Å². The highest BCUT2D eigenvalue weighted by atomic mass is 19.4. The van der Waals surface area contributed by atoms with E-state index >= 15 is 0 Å². The summed E-state index contributed by atoms with van der Waals surface area (Å²) in [6.07, 6.45) is -6.39. The zero-order chi connectivity index (χ0) is 17.6. The number of alkyl halides is 6. The van der Waals surface area contributed by atoms with E-state index in [9.17, 15) is 30.7 Å². The van der Waals surface area contributed by atoms with E-state index in [1.165, 1.54) is 25.3 Å². The molecule has 3 atom stereocenters. The van der Waals surface area contributed by atoms with Crippen molar-refractivity contribution in [3.8, 4) is 0 Å². The molecule has 1 saturated heterocycles. The Kier molecular flexibility index (Phi) is 4.40. The van der Waals surface area contributed by atoms with Gasteiger partial charge in [-0.3, -0.25) is 10.2 Å². The Balaban J connectivity index is 2.43. The van der Waals surface area contributed by atoms with Gasteiger partial charge in [0.2, 0.25) is 5.54 Å². The van der Waals surface area contributed by atoms with Crippen molar-refractivity contribution in [1.82, 2.24) is 10.2 Å². The zero-order valence-corrected chi connectivity index (χ0v) is 12.2. The van der Waals surface area contributed by atoms with Crippen LogP contribution in [-0.2, 0) is 0 Å². The maximum atomic E-state index is 13.3. The summed E-state index contributed by atoms with van der Waals surface area (Å²) < 4.78 is 93.0. The maximum absolute atomic E-state index is 13.3. The number of hydrogen-bond acceptors (Lipinski definition) is 2. The third-order valence-corrected chi connectivity index (χ3v) is 4.38. The Morgan fingerprint density at radius 2 is 1.65 bits per heavy atom. The Hall–Kier alpha value is -1.35. The van der Waals surface area contributed by atoms with Gasteiger partial charge in [0.1, 0.15) is 5.83 Å². The van der Waals surface area contributed by atoms with Crippen molar-refractivity contribution in [3.05, 3.63) is 36.2 Å². The molecule has 0 bridgehead atoms. The van der Waals surface area contributed by atoms with Crippen LogP contribution in [0.25, 0.3) is 0 Å². The van der Waals surface area contributed by atoms with Gasteiger partial charge < -0.3 is 0 Å². The average Bonchev–Trinajstić information content (AvgIpc) is 2.56. The summed E-state index contributed by atoms with van der Waals surface area (Å²) in [6, 6.07) is -1.88. The number of likely N-dealkylation sites (N-methyl/N-ethyl adjacent to an activating group) is 1. The fourth-order valence-electron chi connectivity index (χ4n) is 2.98. The van der Waals surface area contributed by atoms with Gasteiger partial charge in [-0.25, -0.2) is 4.39 Å². The van der Waals surface area contributed by atoms with Crippen molar-refractivity contribution < 1.29 is 30.7 Å². The van der Waals surface area contributed by atoms with Gasteiger partial charge in [-0.15, -0.1) is 0 Å². The largest absolute Gasteiger partial charge is 0.417 e. The van der Waals surface area contributed by atoms with Crippen LogP contribution in [0.1, 0.15) is 6.92 Å². The number of nitrogens with one attached hydrogen (secondary N) is 1. The molecule has 0 aromatic carbocycles. The minimum absolute atomic E-state index is 0.629. The summed E-state index contributed by atoms with van der Waals surface area (Å²) in [5, 5.41) is 1.72. The van der Waals surface area contributed by atoms with Crippen LogP contribution in [0.2, 0.25) is 0 Å². The molecule has 0 amide bonds. The van der Waals surface area contributed by atoms with Crippen LogP contribution >= 0.6 is 0 Å². The number of nitrogens with zero attached hydrogens (tertiary/aromatic N) is 1. The van der Waals surface area contributed by atoms with Gasteiger partial charge in [0.05, 0.1) is 6.17 Å². The normalized spacial score (nSPS) is 32.0. The fourth-order valence-corrected chi connectivity index (χ4v) is 2.98. The molecule has 130 valence electrons. The predicted octanol–water partition coefficient (Wildman–Crippen LogP) is 3.70. The second-order valence-electron chi connectivity index (χ2n) is 5.61. The summed E-state index contributed by atoms with van der Waals surface area (Å²) in [6.45, 7) is 0.872. The lowest BCUT2D eigenvalue weighted by molar-refractivity contribution is -0.308. The predicted molar refractivity (Wildman–Crippen MR) is 70.0 cm³/mol. The van der Waals surface area contributed by atoms with Crippen molar-refractivity contribution in [3.63, 3.8) is 0 Å². The monoisotopic (exact) mass is 344 g/mol. The molecule has 1 fully saturated rings. The van der Waals surface area contributed by atoms with Gasteiger partial charge in [-0.2, -0.15) is 26.3 Å². The van der Waals surface area contributed by atoms with E-state index < -0.39 is 41.8 Å². The van der Waals surface area contributed by atoms with Crippen molar-refractivity contribution in [2.45, 2.75) is 37.0 Å². The van der Waals surface area contributed by atoms with Gasteiger partial charge in [-0.05, 0) is 26.1 Å². The summed E-state index contributed by atoms with van der Waals surface area (Å²) in [4.78, 5) is 0.976. The van der Waals surface area contributed by atoms with Crippen LogP contribution in [0, 0.1) is 5.92 Å². The molecule has 0 saturated carbocycles. The van der Waals surface area contributed by atoms with Gasteiger partial charge in [-0.1, -0.05) is 18.2 Å². The van der Waals surface area contributed by atoms with E-state index in [2.05, 4.69) is 0 Å². The molecular weight excluding hydrogens is 329 g/mol. The molecule has 0 aromatic heterocycles. The summed E-state index contributed by atoms with van der Waals surface area (Å²) in [5.41, 5.74) is -4.04. The van der Waals surface area contributed by atoms with Gasteiger partial charge in [0, 0.05) is 12.0 Å². The first-order valence-corrected chi connectivity index (χ1v) is 6.77. The highest BCUT2D eigenvalue weighted by Gasteiger charge is 2.77. The molecule has 1 heterocycles. The first-order chi connectivity index (χ1) is 10.4. The highest BCUT2D eigenvalue weighted by molar-refractivity contribution is 5.27. The third kappa shape index (κ3) is 2.80. The van der Waals surface area contributed by atoms with Crippen LogP contribution in [0.5, 0.6) is 0 Å². The number of rotatable bonds is 1. The van der Waals surface area contributed by atoms with Crippen LogP contribution in [0.15, 0.2) is 36.2 Å². The van der Waals surface area contributed by atoms with E-state index in [4.69, 9.17) is 0 Å². The molecule has 2 aliphatic rings. The SMILES string of the molecule is CC1N(C)C(C2C=CC=C(F)C=C2)NC1(C(F)(F)F)C(F)(F)F. The molecule has 3 unspecified atom stereocenters. The topological polar surface area (TPSA) is 15.3 Å². The first kappa shape index (κ1) is 18.0. The number of halogens is 7. The Morgan fingerprint density at radius 1 is 1.09 bits per heavy atom. The number of hydrogen-bond donors (Lipinski definition) is 1.